The van der Waals surface area contributed by atoms with Gasteiger partial charge in [0.2, 0.25) is 0 Å². The number of nitrogens with zero attached hydrogens (tertiary/aromatic N) is 3. The smallest absolute Gasteiger partial charge is 0.323 e. The molecule has 3 heterocycles. The van der Waals surface area contributed by atoms with Crippen LogP contribution in [0.5, 0.6) is 0 Å². The van der Waals surface area contributed by atoms with Crippen molar-refractivity contribution < 1.29 is 4.79 Å². The van der Waals surface area contributed by atoms with Crippen molar-refractivity contribution in [1.29, 1.82) is 0 Å². The third-order valence-electron chi connectivity index (χ3n) is 4.65. The van der Waals surface area contributed by atoms with E-state index < -0.39 is 0 Å². The maximum atomic E-state index is 12.6. The molecule has 4 rings (SSSR count). The first-order chi connectivity index (χ1) is 13.7. The highest BCUT2D eigenvalue weighted by Crippen LogP contribution is 2.29. The summed E-state index contributed by atoms with van der Waals surface area (Å²) in [4.78, 5) is 24.0. The minimum Gasteiger partial charge on any atom is -0.399 e. The molecule has 0 spiro atoms. The molecule has 3 aromatic rings. The Hall–Kier alpha value is -3.19. The largest absolute Gasteiger partial charge is 0.399 e. The van der Waals surface area contributed by atoms with Gasteiger partial charge in [0.25, 0.3) is 0 Å². The summed E-state index contributed by atoms with van der Waals surface area (Å²) in [5.41, 5.74) is 9.78. The third-order valence-corrected chi connectivity index (χ3v) is 5.61. The summed E-state index contributed by atoms with van der Waals surface area (Å²) in [5.74, 6) is 0. The van der Waals surface area contributed by atoms with Crippen molar-refractivity contribution in [2.24, 2.45) is 0 Å². The van der Waals surface area contributed by atoms with Crippen LogP contribution in [0.3, 0.4) is 0 Å². The second-order valence-electron chi connectivity index (χ2n) is 6.63. The van der Waals surface area contributed by atoms with Crippen LogP contribution >= 0.6 is 11.3 Å². The molecular weight excluding hydrogens is 370 g/mol. The molecule has 7 heteroatoms. The van der Waals surface area contributed by atoms with Crippen LogP contribution in [0.25, 0.3) is 16.5 Å². The van der Waals surface area contributed by atoms with Crippen molar-refractivity contribution in [3.05, 3.63) is 66.1 Å². The molecule has 2 aromatic heterocycles. The Morgan fingerprint density at radius 3 is 2.61 bits per heavy atom. The van der Waals surface area contributed by atoms with E-state index in [1.807, 2.05) is 47.4 Å². The molecule has 28 heavy (non-hydrogen) atoms. The standard InChI is InChI=1S/C21H21N5OS/c22-17-6-4-16(5-7-17)19-14-24-20(28-19)25-21(27)26-11-8-15(9-12-26)13-18-3-1-2-10-23-18/h1-7,10,13-14H,8-9,11-12,22H2,(H,24,25,27). The van der Waals surface area contributed by atoms with Gasteiger partial charge >= 0.3 is 6.03 Å². The number of nitrogen functional groups attached to an aromatic ring is 1. The van der Waals surface area contributed by atoms with Gasteiger partial charge in [-0.25, -0.2) is 9.78 Å². The number of aromatic nitrogens is 2. The Balaban J connectivity index is 1.34. The second kappa shape index (κ2) is 8.22. The number of hydrogen-bond donors (Lipinski definition) is 2. The van der Waals surface area contributed by atoms with Crippen LogP contribution in [0.15, 0.2) is 60.4 Å². The zero-order valence-electron chi connectivity index (χ0n) is 15.3. The highest BCUT2D eigenvalue weighted by molar-refractivity contribution is 7.19. The fourth-order valence-electron chi connectivity index (χ4n) is 3.10. The Morgan fingerprint density at radius 2 is 1.89 bits per heavy atom. The minimum atomic E-state index is -0.102. The van der Waals surface area contributed by atoms with Crippen LogP contribution in [0, 0.1) is 0 Å². The van der Waals surface area contributed by atoms with Gasteiger partial charge in [-0.3, -0.25) is 10.3 Å². The average molecular weight is 392 g/mol. The molecule has 0 bridgehead atoms. The summed E-state index contributed by atoms with van der Waals surface area (Å²) in [6.07, 6.45) is 7.41. The number of likely N-dealkylation sites (tertiary alicyclic amines) is 1. The van der Waals surface area contributed by atoms with Gasteiger partial charge in [0.1, 0.15) is 0 Å². The average Bonchev–Trinajstić information content (AvgIpc) is 3.18. The SMILES string of the molecule is Nc1ccc(-c2cnc(NC(=O)N3CCC(=Cc4ccccn4)CC3)s2)cc1. The number of rotatable bonds is 3. The number of anilines is 2. The lowest BCUT2D eigenvalue weighted by atomic mass is 10.0. The summed E-state index contributed by atoms with van der Waals surface area (Å²) < 4.78 is 0. The highest BCUT2D eigenvalue weighted by atomic mass is 32.1. The fraction of sp³-hybridized carbons (Fsp3) is 0.190. The Bertz CT molecular complexity index is 972. The van der Waals surface area contributed by atoms with Crippen molar-refractivity contribution in [1.82, 2.24) is 14.9 Å². The van der Waals surface area contributed by atoms with Crippen LogP contribution < -0.4 is 11.1 Å². The summed E-state index contributed by atoms with van der Waals surface area (Å²) in [5, 5.41) is 3.52. The predicted octanol–water partition coefficient (Wildman–Crippen LogP) is 4.50. The third kappa shape index (κ3) is 4.37. The van der Waals surface area contributed by atoms with Crippen molar-refractivity contribution in [2.45, 2.75) is 12.8 Å². The molecule has 0 unspecified atom stereocenters. The van der Waals surface area contributed by atoms with Crippen molar-refractivity contribution >= 4 is 34.3 Å². The molecule has 0 saturated carbocycles. The van der Waals surface area contributed by atoms with E-state index in [-0.39, 0.29) is 6.03 Å². The van der Waals surface area contributed by atoms with E-state index in [0.717, 1.165) is 34.7 Å². The number of carbonyl (C=O) groups excluding carboxylic acids is 1. The Kier molecular flexibility index (Phi) is 5.34. The van der Waals surface area contributed by atoms with Gasteiger partial charge in [0, 0.05) is 31.2 Å². The van der Waals surface area contributed by atoms with Gasteiger partial charge < -0.3 is 10.6 Å². The number of benzene rings is 1. The Labute approximate surface area is 167 Å². The molecular formula is C21H21N5OS. The van der Waals surface area contributed by atoms with Crippen LogP contribution in [0.2, 0.25) is 0 Å². The van der Waals surface area contributed by atoms with Crippen molar-refractivity contribution in [3.8, 4) is 10.4 Å². The zero-order valence-corrected chi connectivity index (χ0v) is 16.2. The summed E-state index contributed by atoms with van der Waals surface area (Å²) in [6.45, 7) is 1.39. The lowest BCUT2D eigenvalue weighted by molar-refractivity contribution is 0.208. The van der Waals surface area contributed by atoms with Crippen LogP contribution in [0.1, 0.15) is 18.5 Å². The second-order valence-corrected chi connectivity index (χ2v) is 7.66. The number of carbonyl (C=O) groups is 1. The Morgan fingerprint density at radius 1 is 1.11 bits per heavy atom. The van der Waals surface area contributed by atoms with Crippen LogP contribution in [0.4, 0.5) is 15.6 Å². The number of hydrogen-bond acceptors (Lipinski definition) is 5. The number of urea groups is 1. The van der Waals surface area contributed by atoms with Gasteiger partial charge in [-0.1, -0.05) is 35.1 Å². The summed E-state index contributed by atoms with van der Waals surface area (Å²) >= 11 is 1.46. The van der Waals surface area contributed by atoms with Crippen molar-refractivity contribution in [2.75, 3.05) is 24.1 Å². The molecule has 0 radical (unpaired) electrons. The van der Waals surface area contributed by atoms with E-state index in [4.69, 9.17) is 5.73 Å². The maximum Gasteiger partial charge on any atom is 0.323 e. The topological polar surface area (TPSA) is 84.1 Å². The van der Waals surface area contributed by atoms with E-state index in [1.54, 1.807) is 12.4 Å². The van der Waals surface area contributed by atoms with Gasteiger partial charge in [-0.2, -0.15) is 0 Å². The molecule has 3 N–H and O–H groups in total. The number of nitrogens with one attached hydrogen (secondary N) is 1. The fourth-order valence-corrected chi connectivity index (χ4v) is 3.91. The summed E-state index contributed by atoms with van der Waals surface area (Å²) in [7, 11) is 0. The molecule has 6 nitrogen and oxygen atoms in total. The first kappa shape index (κ1) is 18.2. The van der Waals surface area contributed by atoms with E-state index in [0.29, 0.717) is 18.2 Å². The van der Waals surface area contributed by atoms with E-state index >= 15 is 0 Å². The van der Waals surface area contributed by atoms with E-state index in [2.05, 4.69) is 21.4 Å². The lowest BCUT2D eigenvalue weighted by Gasteiger charge is -2.28. The molecule has 142 valence electrons. The maximum absolute atomic E-state index is 12.6. The molecule has 1 saturated heterocycles. The molecule has 1 aromatic carbocycles. The van der Waals surface area contributed by atoms with Gasteiger partial charge in [-0.15, -0.1) is 0 Å². The normalized spacial score (nSPS) is 14.0. The minimum absolute atomic E-state index is 0.102. The molecule has 1 aliphatic heterocycles. The van der Waals surface area contributed by atoms with Gasteiger partial charge in [0.05, 0.1) is 10.6 Å². The predicted molar refractivity (Wildman–Crippen MR) is 114 cm³/mol. The lowest BCUT2D eigenvalue weighted by Crippen LogP contribution is -2.39. The van der Waals surface area contributed by atoms with Crippen LogP contribution in [-0.2, 0) is 0 Å². The molecule has 0 aliphatic carbocycles. The first-order valence-electron chi connectivity index (χ1n) is 9.15. The first-order valence-corrected chi connectivity index (χ1v) is 9.97. The molecule has 1 fully saturated rings. The number of amides is 2. The molecule has 1 aliphatic rings. The van der Waals surface area contributed by atoms with E-state index in [1.165, 1.54) is 16.9 Å². The number of thiazole rings is 1. The van der Waals surface area contributed by atoms with Crippen molar-refractivity contribution in [3.63, 3.8) is 0 Å². The quantitative estimate of drug-likeness (QED) is 0.644. The molecule has 0 atom stereocenters. The number of nitrogens with two attached hydrogens (primary N) is 1. The monoisotopic (exact) mass is 391 g/mol. The molecule has 2 amide bonds. The van der Waals surface area contributed by atoms with Gasteiger partial charge in [-0.05, 0) is 48.7 Å². The van der Waals surface area contributed by atoms with Gasteiger partial charge in [0.15, 0.2) is 5.13 Å². The van der Waals surface area contributed by atoms with Crippen LogP contribution in [-0.4, -0.2) is 34.0 Å². The highest BCUT2D eigenvalue weighted by Gasteiger charge is 2.20. The zero-order chi connectivity index (χ0) is 19.3. The number of pyridine rings is 1. The summed E-state index contributed by atoms with van der Waals surface area (Å²) in [6, 6.07) is 13.4. The number of piperidine rings is 1. The van der Waals surface area contributed by atoms with E-state index in [9.17, 15) is 4.79 Å².